The van der Waals surface area contributed by atoms with Crippen molar-refractivity contribution in [2.24, 2.45) is 0 Å². The molecule has 1 aromatic heterocycles. The molecule has 3 aromatic rings. The molecular formula is C26H26N2O5. The number of anilines is 1. The molecule has 7 nitrogen and oxygen atoms in total. The summed E-state index contributed by atoms with van der Waals surface area (Å²) in [5.74, 6) is 0.0379. The van der Waals surface area contributed by atoms with Crippen LogP contribution in [0.4, 0.5) is 5.69 Å². The van der Waals surface area contributed by atoms with E-state index < -0.39 is 0 Å². The number of aromatic nitrogens is 1. The van der Waals surface area contributed by atoms with Crippen LogP contribution < -0.4 is 10.1 Å². The highest BCUT2D eigenvalue weighted by Crippen LogP contribution is 2.38. The van der Waals surface area contributed by atoms with E-state index in [1.165, 1.54) is 14.2 Å². The van der Waals surface area contributed by atoms with Crippen molar-refractivity contribution in [3.8, 4) is 22.6 Å². The Kier molecular flexibility index (Phi) is 5.96. The summed E-state index contributed by atoms with van der Waals surface area (Å²) in [6.45, 7) is 3.94. The zero-order valence-corrected chi connectivity index (χ0v) is 19.0. The average molecular weight is 447 g/mol. The predicted molar refractivity (Wildman–Crippen MR) is 127 cm³/mol. The summed E-state index contributed by atoms with van der Waals surface area (Å²) in [5.41, 5.74) is 7.76. The van der Waals surface area contributed by atoms with Gasteiger partial charge in [0.2, 0.25) is 0 Å². The van der Waals surface area contributed by atoms with Crippen molar-refractivity contribution in [2.75, 3.05) is 19.5 Å². The quantitative estimate of drug-likeness (QED) is 0.379. The van der Waals surface area contributed by atoms with Crippen LogP contribution in [-0.2, 0) is 20.7 Å². The number of H-pyrrole nitrogens is 1. The third kappa shape index (κ3) is 4.22. The van der Waals surface area contributed by atoms with Crippen LogP contribution in [0.25, 0.3) is 22.8 Å². The molecule has 0 unspecified atom stereocenters. The maximum Gasteiger partial charge on any atom is 0.305 e. The van der Waals surface area contributed by atoms with Gasteiger partial charge in [-0.05, 0) is 66.8 Å². The molecule has 1 amide bonds. The van der Waals surface area contributed by atoms with E-state index in [4.69, 9.17) is 9.47 Å². The lowest BCUT2D eigenvalue weighted by Gasteiger charge is -2.08. The zero-order valence-electron chi connectivity index (χ0n) is 19.0. The smallest absolute Gasteiger partial charge is 0.305 e. The largest absolute Gasteiger partial charge is 0.504 e. The first-order valence-electron chi connectivity index (χ1n) is 10.6. The molecule has 2 heterocycles. The Morgan fingerprint density at radius 1 is 1.09 bits per heavy atom. The predicted octanol–water partition coefficient (Wildman–Crippen LogP) is 4.61. The molecule has 0 atom stereocenters. The Balaban J connectivity index is 1.66. The number of hydrogen-bond acceptors (Lipinski definition) is 5. The molecule has 7 heteroatoms. The highest BCUT2D eigenvalue weighted by molar-refractivity contribution is 6.35. The first-order valence-corrected chi connectivity index (χ1v) is 10.6. The number of rotatable bonds is 6. The number of amides is 1. The number of benzene rings is 2. The summed E-state index contributed by atoms with van der Waals surface area (Å²) < 4.78 is 9.95. The SMILES string of the molecule is COC(=O)CCc1c(C)[nH]c(/C=C2\C(=O)Nc3cc(-c4ccc(O)c(OC)c4)ccc32)c1C. The summed E-state index contributed by atoms with van der Waals surface area (Å²) in [7, 11) is 2.89. The van der Waals surface area contributed by atoms with Crippen molar-refractivity contribution in [3.05, 3.63) is 64.5 Å². The number of carbonyl (C=O) groups is 2. The van der Waals surface area contributed by atoms with Crippen molar-refractivity contribution in [1.82, 2.24) is 4.98 Å². The second kappa shape index (κ2) is 8.86. The van der Waals surface area contributed by atoms with Crippen LogP contribution in [0.3, 0.4) is 0 Å². The zero-order chi connectivity index (χ0) is 23.7. The Hall–Kier alpha value is -4.00. The van der Waals surface area contributed by atoms with E-state index in [-0.39, 0.29) is 17.6 Å². The van der Waals surface area contributed by atoms with Crippen LogP contribution in [0.5, 0.6) is 11.5 Å². The van der Waals surface area contributed by atoms with Gasteiger partial charge in [-0.1, -0.05) is 18.2 Å². The van der Waals surface area contributed by atoms with Crippen LogP contribution in [-0.4, -0.2) is 36.2 Å². The van der Waals surface area contributed by atoms with E-state index in [1.807, 2.05) is 38.1 Å². The van der Waals surface area contributed by atoms with Crippen molar-refractivity contribution in [2.45, 2.75) is 26.7 Å². The minimum absolute atomic E-state index is 0.0727. The number of methoxy groups -OCH3 is 2. The fourth-order valence-corrected chi connectivity index (χ4v) is 4.18. The summed E-state index contributed by atoms with van der Waals surface area (Å²) in [6.07, 6.45) is 2.74. The van der Waals surface area contributed by atoms with Gasteiger partial charge in [-0.25, -0.2) is 0 Å². The number of nitrogens with one attached hydrogen (secondary N) is 2. The summed E-state index contributed by atoms with van der Waals surface area (Å²) in [6, 6.07) is 10.9. The molecule has 4 rings (SSSR count). The fourth-order valence-electron chi connectivity index (χ4n) is 4.18. The van der Waals surface area contributed by atoms with E-state index in [0.29, 0.717) is 24.2 Å². The van der Waals surface area contributed by atoms with E-state index >= 15 is 0 Å². The van der Waals surface area contributed by atoms with Crippen molar-refractivity contribution in [1.29, 1.82) is 0 Å². The van der Waals surface area contributed by atoms with Crippen LogP contribution in [0, 0.1) is 13.8 Å². The minimum Gasteiger partial charge on any atom is -0.504 e. The average Bonchev–Trinajstić information content (AvgIpc) is 3.26. The van der Waals surface area contributed by atoms with Crippen molar-refractivity contribution in [3.63, 3.8) is 0 Å². The van der Waals surface area contributed by atoms with E-state index in [9.17, 15) is 14.7 Å². The molecule has 0 saturated carbocycles. The van der Waals surface area contributed by atoms with Gasteiger partial charge in [-0.15, -0.1) is 0 Å². The van der Waals surface area contributed by atoms with Crippen LogP contribution >= 0.6 is 0 Å². The second-order valence-electron chi connectivity index (χ2n) is 8.00. The Morgan fingerprint density at radius 3 is 2.55 bits per heavy atom. The molecule has 0 radical (unpaired) electrons. The number of phenolic OH excluding ortho intramolecular Hbond substituents is 1. The van der Waals surface area contributed by atoms with E-state index in [2.05, 4.69) is 10.3 Å². The van der Waals surface area contributed by atoms with Gasteiger partial charge in [0.1, 0.15) is 0 Å². The molecule has 1 aliphatic heterocycles. The second-order valence-corrected chi connectivity index (χ2v) is 8.00. The number of aromatic hydroxyl groups is 1. The molecule has 0 aliphatic carbocycles. The summed E-state index contributed by atoms with van der Waals surface area (Å²) in [5, 5.41) is 12.8. The van der Waals surface area contributed by atoms with Gasteiger partial charge in [-0.2, -0.15) is 0 Å². The van der Waals surface area contributed by atoms with Crippen LogP contribution in [0.1, 0.15) is 34.5 Å². The van der Waals surface area contributed by atoms with Gasteiger partial charge >= 0.3 is 5.97 Å². The first-order chi connectivity index (χ1) is 15.8. The summed E-state index contributed by atoms with van der Waals surface area (Å²) >= 11 is 0. The highest BCUT2D eigenvalue weighted by Gasteiger charge is 2.25. The molecular weight excluding hydrogens is 420 g/mol. The van der Waals surface area contributed by atoms with Crippen LogP contribution in [0.15, 0.2) is 36.4 Å². The summed E-state index contributed by atoms with van der Waals surface area (Å²) in [4.78, 5) is 27.7. The standard InChI is InChI=1S/C26H26N2O5/c1-14-18(8-10-25(30)33-4)15(2)27-21(14)13-20-19-7-5-16(11-22(19)28-26(20)31)17-6-9-23(29)24(12-17)32-3/h5-7,9,11-13,27,29H,8,10H2,1-4H3,(H,28,31)/b20-13-. The first kappa shape index (κ1) is 22.2. The third-order valence-corrected chi connectivity index (χ3v) is 6.04. The maximum absolute atomic E-state index is 12.8. The minimum atomic E-state index is -0.249. The molecule has 2 aromatic carbocycles. The molecule has 3 N–H and O–H groups in total. The number of esters is 1. The number of aryl methyl sites for hydroxylation is 1. The molecule has 0 fully saturated rings. The normalized spacial score (nSPS) is 13.7. The number of phenols is 1. The molecule has 0 bridgehead atoms. The van der Waals surface area contributed by atoms with E-state index in [0.717, 1.165) is 44.9 Å². The molecule has 0 saturated heterocycles. The Labute approximate surface area is 192 Å². The monoisotopic (exact) mass is 446 g/mol. The number of aromatic amines is 1. The third-order valence-electron chi connectivity index (χ3n) is 6.04. The van der Waals surface area contributed by atoms with Gasteiger partial charge in [0.25, 0.3) is 5.91 Å². The van der Waals surface area contributed by atoms with Gasteiger partial charge in [-0.3, -0.25) is 9.59 Å². The van der Waals surface area contributed by atoms with Gasteiger partial charge in [0.15, 0.2) is 11.5 Å². The Bertz CT molecular complexity index is 1290. The Morgan fingerprint density at radius 2 is 1.82 bits per heavy atom. The lowest BCUT2D eigenvalue weighted by atomic mass is 9.99. The van der Waals surface area contributed by atoms with Gasteiger partial charge < -0.3 is 24.9 Å². The lowest BCUT2D eigenvalue weighted by molar-refractivity contribution is -0.140. The van der Waals surface area contributed by atoms with Crippen molar-refractivity contribution >= 4 is 29.2 Å². The number of carbonyl (C=O) groups excluding carboxylic acids is 2. The molecule has 1 aliphatic rings. The maximum atomic E-state index is 12.8. The lowest BCUT2D eigenvalue weighted by Crippen LogP contribution is -2.04. The van der Waals surface area contributed by atoms with Gasteiger partial charge in [0, 0.05) is 29.1 Å². The molecule has 170 valence electrons. The highest BCUT2D eigenvalue weighted by atomic mass is 16.5. The van der Waals surface area contributed by atoms with Gasteiger partial charge in [0.05, 0.1) is 19.8 Å². The number of hydrogen-bond donors (Lipinski definition) is 3. The topological polar surface area (TPSA) is 101 Å². The molecule has 0 spiro atoms. The number of ether oxygens (including phenoxy) is 2. The fraction of sp³-hybridized carbons (Fsp3) is 0.231. The number of fused-ring (bicyclic) bond motifs is 1. The van der Waals surface area contributed by atoms with E-state index in [1.54, 1.807) is 18.2 Å². The van der Waals surface area contributed by atoms with Crippen LogP contribution in [0.2, 0.25) is 0 Å². The van der Waals surface area contributed by atoms with Crippen molar-refractivity contribution < 1.29 is 24.2 Å². The molecule has 33 heavy (non-hydrogen) atoms.